The highest BCUT2D eigenvalue weighted by atomic mass is 79.9. The summed E-state index contributed by atoms with van der Waals surface area (Å²) in [5.41, 5.74) is 4.88. The lowest BCUT2D eigenvalue weighted by molar-refractivity contribution is 0.592. The van der Waals surface area contributed by atoms with Crippen LogP contribution >= 0.6 is 15.9 Å². The molecule has 4 nitrogen and oxygen atoms in total. The lowest BCUT2D eigenvalue weighted by Gasteiger charge is -2.23. The Labute approximate surface area is 156 Å². The summed E-state index contributed by atoms with van der Waals surface area (Å²) in [6.07, 6.45) is 1.64. The quantitative estimate of drug-likeness (QED) is 0.753. The Bertz CT molecular complexity index is 985. The predicted octanol–water partition coefficient (Wildman–Crippen LogP) is 4.10. The van der Waals surface area contributed by atoms with E-state index in [1.165, 1.54) is 4.31 Å². The molecule has 0 aromatic heterocycles. The Kier molecular flexibility index (Phi) is 3.92. The molecular weight excluding hydrogens is 400 g/mol. The van der Waals surface area contributed by atoms with Crippen LogP contribution < -0.4 is 9.21 Å². The maximum absolute atomic E-state index is 13.3. The number of benzene rings is 2. The Balaban J connectivity index is 1.83. The van der Waals surface area contributed by atoms with Crippen molar-refractivity contribution in [2.24, 2.45) is 0 Å². The van der Waals surface area contributed by atoms with Crippen LogP contribution in [-0.2, 0) is 22.9 Å². The van der Waals surface area contributed by atoms with Crippen LogP contribution in [-0.4, -0.2) is 21.5 Å². The average Bonchev–Trinajstić information content (AvgIpc) is 3.17. The molecule has 0 fully saturated rings. The maximum Gasteiger partial charge on any atom is 0.265 e. The van der Waals surface area contributed by atoms with Crippen LogP contribution in [0.5, 0.6) is 0 Å². The van der Waals surface area contributed by atoms with Crippen molar-refractivity contribution in [1.82, 2.24) is 0 Å². The highest BCUT2D eigenvalue weighted by Gasteiger charge is 2.33. The van der Waals surface area contributed by atoms with E-state index in [9.17, 15) is 8.42 Å². The van der Waals surface area contributed by atoms with Crippen molar-refractivity contribution < 1.29 is 8.42 Å². The molecule has 130 valence electrons. The van der Waals surface area contributed by atoms with E-state index in [-0.39, 0.29) is 0 Å². The summed E-state index contributed by atoms with van der Waals surface area (Å²) in [5.74, 6) is 0. The minimum absolute atomic E-state index is 0.316. The molecule has 0 N–H and O–H groups in total. The van der Waals surface area contributed by atoms with E-state index >= 15 is 0 Å². The zero-order valence-electron chi connectivity index (χ0n) is 14.0. The SMILES string of the molecule is C=C(C)N1CCc2cc(Br)c(S(=O)(=O)N3CCc4ccccc43)cc21. The molecule has 0 radical (unpaired) electrons. The van der Waals surface area contributed by atoms with Gasteiger partial charge in [0, 0.05) is 28.9 Å². The third kappa shape index (κ3) is 2.59. The molecule has 2 aromatic rings. The van der Waals surface area contributed by atoms with Gasteiger partial charge in [-0.15, -0.1) is 0 Å². The van der Waals surface area contributed by atoms with Crippen molar-refractivity contribution in [3.63, 3.8) is 0 Å². The topological polar surface area (TPSA) is 40.6 Å². The van der Waals surface area contributed by atoms with Gasteiger partial charge in [0.1, 0.15) is 4.90 Å². The molecule has 2 aliphatic heterocycles. The molecule has 0 atom stereocenters. The molecule has 0 amide bonds. The molecule has 2 aromatic carbocycles. The number of hydrogen-bond donors (Lipinski definition) is 0. The maximum atomic E-state index is 13.3. The number of fused-ring (bicyclic) bond motifs is 2. The van der Waals surface area contributed by atoms with Crippen LogP contribution in [0.2, 0.25) is 0 Å². The summed E-state index contributed by atoms with van der Waals surface area (Å²) in [6.45, 7) is 7.28. The number of rotatable bonds is 3. The van der Waals surface area contributed by atoms with E-state index in [1.807, 2.05) is 37.3 Å². The van der Waals surface area contributed by atoms with Gasteiger partial charge in [0.25, 0.3) is 10.0 Å². The van der Waals surface area contributed by atoms with Crippen molar-refractivity contribution in [2.75, 3.05) is 22.3 Å². The first kappa shape index (κ1) is 16.7. The van der Waals surface area contributed by atoms with Crippen molar-refractivity contribution in [2.45, 2.75) is 24.7 Å². The number of allylic oxidation sites excluding steroid dienone is 1. The fourth-order valence-corrected chi connectivity index (χ4v) is 6.24. The number of nitrogens with zero attached hydrogens (tertiary/aromatic N) is 2. The van der Waals surface area contributed by atoms with E-state index in [4.69, 9.17) is 0 Å². The Hall–Kier alpha value is -1.79. The van der Waals surface area contributed by atoms with E-state index in [1.54, 1.807) is 6.07 Å². The Morgan fingerprint density at radius 2 is 1.80 bits per heavy atom. The predicted molar refractivity (Wildman–Crippen MR) is 105 cm³/mol. The number of para-hydroxylation sites is 1. The smallest absolute Gasteiger partial charge is 0.265 e. The molecule has 0 bridgehead atoms. The Morgan fingerprint density at radius 3 is 2.56 bits per heavy atom. The van der Waals surface area contributed by atoms with Crippen LogP contribution in [0.15, 0.2) is 58.0 Å². The van der Waals surface area contributed by atoms with Gasteiger partial charge in [0.15, 0.2) is 0 Å². The van der Waals surface area contributed by atoms with Gasteiger partial charge in [-0.1, -0.05) is 24.8 Å². The van der Waals surface area contributed by atoms with Gasteiger partial charge < -0.3 is 4.90 Å². The first-order chi connectivity index (χ1) is 11.9. The molecule has 2 heterocycles. The van der Waals surface area contributed by atoms with E-state index in [0.29, 0.717) is 15.9 Å². The van der Waals surface area contributed by atoms with Crippen LogP contribution in [0.4, 0.5) is 11.4 Å². The molecule has 0 spiro atoms. The van der Waals surface area contributed by atoms with E-state index < -0.39 is 10.0 Å². The average molecular weight is 419 g/mol. The van der Waals surface area contributed by atoms with E-state index in [2.05, 4.69) is 27.4 Å². The largest absolute Gasteiger partial charge is 0.345 e. The minimum atomic E-state index is -3.62. The second-order valence-electron chi connectivity index (χ2n) is 6.50. The highest BCUT2D eigenvalue weighted by molar-refractivity contribution is 9.10. The summed E-state index contributed by atoms with van der Waals surface area (Å²) in [4.78, 5) is 2.40. The number of hydrogen-bond acceptors (Lipinski definition) is 3. The summed E-state index contributed by atoms with van der Waals surface area (Å²) >= 11 is 3.48. The van der Waals surface area contributed by atoms with Crippen molar-refractivity contribution in [3.05, 3.63) is 64.3 Å². The lowest BCUT2D eigenvalue weighted by atomic mass is 10.2. The first-order valence-corrected chi connectivity index (χ1v) is 10.5. The molecule has 6 heteroatoms. The van der Waals surface area contributed by atoms with Gasteiger partial charge >= 0.3 is 0 Å². The second kappa shape index (κ2) is 5.88. The van der Waals surface area contributed by atoms with Crippen LogP contribution in [0, 0.1) is 0 Å². The zero-order valence-corrected chi connectivity index (χ0v) is 16.4. The Morgan fingerprint density at radius 1 is 1.08 bits per heavy atom. The summed E-state index contributed by atoms with van der Waals surface area (Å²) in [5, 5.41) is 0. The molecule has 0 saturated heterocycles. The van der Waals surface area contributed by atoms with Crippen LogP contribution in [0.3, 0.4) is 0 Å². The molecule has 0 aliphatic carbocycles. The van der Waals surface area contributed by atoms with Gasteiger partial charge in [0.2, 0.25) is 0 Å². The summed E-state index contributed by atoms with van der Waals surface area (Å²) in [6, 6.07) is 11.4. The fourth-order valence-electron chi connectivity index (χ4n) is 3.66. The number of sulfonamides is 1. The number of halogens is 1. The van der Waals surface area contributed by atoms with Gasteiger partial charge in [0.05, 0.1) is 5.69 Å². The standard InChI is InChI=1S/C19H19BrN2O2S/c1-13(2)21-9-7-15-11-16(20)19(12-18(15)21)25(23,24)22-10-8-14-5-3-4-6-17(14)22/h3-6,11-12H,1,7-10H2,2H3. The first-order valence-electron chi connectivity index (χ1n) is 8.26. The molecule has 4 rings (SSSR count). The monoisotopic (exact) mass is 418 g/mol. The molecular formula is C19H19BrN2O2S. The molecule has 2 aliphatic rings. The van der Waals surface area contributed by atoms with Gasteiger partial charge in [-0.3, -0.25) is 4.31 Å². The summed E-state index contributed by atoms with van der Waals surface area (Å²) < 4.78 is 28.8. The van der Waals surface area contributed by atoms with Crippen LogP contribution in [0.25, 0.3) is 0 Å². The second-order valence-corrected chi connectivity index (χ2v) is 9.19. The van der Waals surface area contributed by atoms with Crippen LogP contribution in [0.1, 0.15) is 18.1 Å². The van der Waals surface area contributed by atoms with Crippen molar-refractivity contribution in [3.8, 4) is 0 Å². The third-order valence-corrected chi connectivity index (χ3v) is 7.67. The van der Waals surface area contributed by atoms with Gasteiger partial charge in [-0.25, -0.2) is 8.42 Å². The fraction of sp³-hybridized carbons (Fsp3) is 0.263. The third-order valence-electron chi connectivity index (χ3n) is 4.90. The zero-order chi connectivity index (χ0) is 17.8. The van der Waals surface area contributed by atoms with Crippen molar-refractivity contribution in [1.29, 1.82) is 0 Å². The van der Waals surface area contributed by atoms with Gasteiger partial charge in [-0.2, -0.15) is 0 Å². The minimum Gasteiger partial charge on any atom is -0.345 e. The van der Waals surface area contributed by atoms with Gasteiger partial charge in [-0.05, 0) is 65.0 Å². The molecule has 0 saturated carbocycles. The summed E-state index contributed by atoms with van der Waals surface area (Å²) in [7, 11) is -3.62. The number of anilines is 2. The van der Waals surface area contributed by atoms with Crippen molar-refractivity contribution >= 4 is 37.3 Å². The lowest BCUT2D eigenvalue weighted by Crippen LogP contribution is -2.29. The molecule has 25 heavy (non-hydrogen) atoms. The van der Waals surface area contributed by atoms with E-state index in [0.717, 1.165) is 47.6 Å². The normalized spacial score (nSPS) is 16.1. The highest BCUT2D eigenvalue weighted by Crippen LogP contribution is 2.40. The molecule has 0 unspecified atom stereocenters.